The molecule has 0 radical (unpaired) electrons. The molecule has 0 aliphatic rings. The average molecular weight is 455 g/mol. The van der Waals surface area contributed by atoms with E-state index in [4.69, 9.17) is 4.42 Å². The second-order valence-electron chi connectivity index (χ2n) is 7.18. The van der Waals surface area contributed by atoms with E-state index in [0.717, 1.165) is 20.0 Å². The molecule has 0 saturated heterocycles. The predicted molar refractivity (Wildman–Crippen MR) is 121 cm³/mol. The molecule has 0 saturated carbocycles. The van der Waals surface area contributed by atoms with Gasteiger partial charge in [-0.15, -0.1) is 11.3 Å². The number of carbonyl (C=O) groups excluding carboxylic acids is 1. The monoisotopic (exact) mass is 454 g/mol. The van der Waals surface area contributed by atoms with Crippen LogP contribution in [0.5, 0.6) is 0 Å². The third kappa shape index (κ3) is 4.87. The molecular formula is C23H22N2O4S2. The second kappa shape index (κ2) is 9.05. The van der Waals surface area contributed by atoms with Crippen LogP contribution in [0.3, 0.4) is 0 Å². The fraction of sp³-hybridized carbons (Fsp3) is 0.174. The van der Waals surface area contributed by atoms with E-state index in [9.17, 15) is 13.2 Å². The van der Waals surface area contributed by atoms with Gasteiger partial charge in [-0.1, -0.05) is 36.4 Å². The first kappa shape index (κ1) is 21.3. The number of rotatable bonds is 8. The van der Waals surface area contributed by atoms with Crippen molar-refractivity contribution >= 4 is 38.0 Å². The second-order valence-corrected chi connectivity index (χ2v) is 10.3. The molecule has 2 aromatic carbocycles. The summed E-state index contributed by atoms with van der Waals surface area (Å²) >= 11 is 1.55. The Balaban J connectivity index is 1.53. The Labute approximate surface area is 185 Å². The number of likely N-dealkylation sites (N-methyl/N-ethyl adjacent to an activating group) is 1. The van der Waals surface area contributed by atoms with Crippen LogP contribution in [0.15, 0.2) is 87.7 Å². The third-order valence-corrected chi connectivity index (χ3v) is 7.65. The van der Waals surface area contributed by atoms with Crippen molar-refractivity contribution in [1.82, 2.24) is 9.21 Å². The number of amides is 1. The number of carbonyl (C=O) groups is 1. The van der Waals surface area contributed by atoms with Crippen molar-refractivity contribution in [2.24, 2.45) is 0 Å². The summed E-state index contributed by atoms with van der Waals surface area (Å²) in [6, 6.07) is 20.0. The molecular weight excluding hydrogens is 432 g/mol. The van der Waals surface area contributed by atoms with Crippen LogP contribution in [0.1, 0.15) is 10.6 Å². The maximum absolute atomic E-state index is 13.1. The molecule has 160 valence electrons. The molecule has 31 heavy (non-hydrogen) atoms. The number of nitrogens with zero attached hydrogens (tertiary/aromatic N) is 2. The molecule has 0 aliphatic carbocycles. The van der Waals surface area contributed by atoms with Gasteiger partial charge in [-0.2, -0.15) is 4.31 Å². The van der Waals surface area contributed by atoms with Gasteiger partial charge >= 0.3 is 0 Å². The van der Waals surface area contributed by atoms with E-state index in [1.165, 1.54) is 7.05 Å². The van der Waals surface area contributed by atoms with Crippen LogP contribution in [0.4, 0.5) is 0 Å². The minimum Gasteiger partial charge on any atom is -0.467 e. The van der Waals surface area contributed by atoms with Gasteiger partial charge in [-0.3, -0.25) is 4.79 Å². The summed E-state index contributed by atoms with van der Waals surface area (Å²) in [5.41, 5.74) is 0. The minimum absolute atomic E-state index is 0.164. The predicted octanol–water partition coefficient (Wildman–Crippen LogP) is 4.34. The van der Waals surface area contributed by atoms with Gasteiger partial charge in [0.15, 0.2) is 0 Å². The summed E-state index contributed by atoms with van der Waals surface area (Å²) in [5, 5.41) is 3.74. The van der Waals surface area contributed by atoms with Gasteiger partial charge in [0, 0.05) is 11.9 Å². The van der Waals surface area contributed by atoms with Crippen LogP contribution in [-0.2, 0) is 27.9 Å². The van der Waals surface area contributed by atoms with Crippen molar-refractivity contribution in [3.8, 4) is 0 Å². The Morgan fingerprint density at radius 1 is 0.968 bits per heavy atom. The molecule has 1 amide bonds. The van der Waals surface area contributed by atoms with Crippen molar-refractivity contribution in [3.05, 3.63) is 89.0 Å². The lowest BCUT2D eigenvalue weighted by Gasteiger charge is -2.24. The van der Waals surface area contributed by atoms with Crippen molar-refractivity contribution in [2.75, 3.05) is 13.6 Å². The molecule has 0 spiro atoms. The highest BCUT2D eigenvalue weighted by atomic mass is 32.2. The molecule has 4 aromatic rings. The maximum Gasteiger partial charge on any atom is 0.243 e. The molecule has 0 unspecified atom stereocenters. The smallest absolute Gasteiger partial charge is 0.243 e. The molecule has 2 aromatic heterocycles. The van der Waals surface area contributed by atoms with Gasteiger partial charge in [0.25, 0.3) is 0 Å². The van der Waals surface area contributed by atoms with Crippen LogP contribution in [0, 0.1) is 0 Å². The summed E-state index contributed by atoms with van der Waals surface area (Å²) in [6.07, 6.45) is 1.56. The zero-order chi connectivity index (χ0) is 21.8. The molecule has 4 rings (SSSR count). The average Bonchev–Trinajstić information content (AvgIpc) is 3.47. The maximum atomic E-state index is 13.1. The number of thiophene rings is 1. The van der Waals surface area contributed by atoms with E-state index < -0.39 is 10.0 Å². The van der Waals surface area contributed by atoms with Crippen molar-refractivity contribution in [1.29, 1.82) is 0 Å². The number of fused-ring (bicyclic) bond motifs is 1. The Bertz CT molecular complexity index is 1230. The lowest BCUT2D eigenvalue weighted by Crippen LogP contribution is -2.40. The molecule has 8 heteroatoms. The molecule has 0 atom stereocenters. The van der Waals surface area contributed by atoms with Crippen molar-refractivity contribution in [3.63, 3.8) is 0 Å². The van der Waals surface area contributed by atoms with E-state index in [-0.39, 0.29) is 23.9 Å². The fourth-order valence-electron chi connectivity index (χ4n) is 3.30. The molecule has 6 nitrogen and oxygen atoms in total. The van der Waals surface area contributed by atoms with E-state index in [0.29, 0.717) is 12.3 Å². The van der Waals surface area contributed by atoms with Crippen LogP contribution in [-0.4, -0.2) is 37.1 Å². The summed E-state index contributed by atoms with van der Waals surface area (Å²) < 4.78 is 32.7. The van der Waals surface area contributed by atoms with Crippen LogP contribution < -0.4 is 0 Å². The van der Waals surface area contributed by atoms with Crippen molar-refractivity contribution in [2.45, 2.75) is 18.0 Å². The van der Waals surface area contributed by atoms with Gasteiger partial charge in [-0.05, 0) is 46.5 Å². The van der Waals surface area contributed by atoms with Crippen LogP contribution in [0.25, 0.3) is 10.8 Å². The topological polar surface area (TPSA) is 70.8 Å². The quantitative estimate of drug-likeness (QED) is 0.397. The van der Waals surface area contributed by atoms with Crippen LogP contribution in [0.2, 0.25) is 0 Å². The first-order chi connectivity index (χ1) is 14.9. The molecule has 0 aliphatic heterocycles. The Kier molecular flexibility index (Phi) is 6.22. The zero-order valence-corrected chi connectivity index (χ0v) is 18.6. The number of hydrogen-bond donors (Lipinski definition) is 0. The van der Waals surface area contributed by atoms with E-state index >= 15 is 0 Å². The first-order valence-electron chi connectivity index (χ1n) is 9.71. The number of furan rings is 1. The molecule has 2 heterocycles. The van der Waals surface area contributed by atoms with Gasteiger partial charge in [0.1, 0.15) is 5.76 Å². The highest BCUT2D eigenvalue weighted by molar-refractivity contribution is 7.89. The van der Waals surface area contributed by atoms with E-state index in [2.05, 4.69) is 0 Å². The van der Waals surface area contributed by atoms with Gasteiger partial charge in [-0.25, -0.2) is 8.42 Å². The van der Waals surface area contributed by atoms with E-state index in [1.54, 1.807) is 52.8 Å². The lowest BCUT2D eigenvalue weighted by atomic mass is 10.1. The molecule has 0 bridgehead atoms. The van der Waals surface area contributed by atoms with E-state index in [1.807, 2.05) is 41.8 Å². The largest absolute Gasteiger partial charge is 0.467 e. The van der Waals surface area contributed by atoms with Crippen LogP contribution >= 0.6 is 11.3 Å². The summed E-state index contributed by atoms with van der Waals surface area (Å²) in [6.45, 7) is 0.399. The van der Waals surface area contributed by atoms with Gasteiger partial charge < -0.3 is 9.32 Å². The Hall–Kier alpha value is -2.94. The Morgan fingerprint density at radius 2 is 1.77 bits per heavy atom. The summed E-state index contributed by atoms with van der Waals surface area (Å²) in [5.74, 6) is 0.349. The summed E-state index contributed by atoms with van der Waals surface area (Å²) in [7, 11) is -2.39. The standard InChI is InChI=1S/C23H22N2O4S2/c1-24(31(27,28)22-11-10-18-6-2-3-7-19(18)14-22)17-23(26)25(15-20-8-4-12-29-20)16-21-9-5-13-30-21/h2-14H,15-17H2,1H3. The molecule has 0 N–H and O–H groups in total. The highest BCUT2D eigenvalue weighted by Gasteiger charge is 2.26. The SMILES string of the molecule is CN(CC(=O)N(Cc1ccco1)Cc1cccs1)S(=O)(=O)c1ccc2ccccc2c1. The number of hydrogen-bond acceptors (Lipinski definition) is 5. The number of benzene rings is 2. The first-order valence-corrected chi connectivity index (χ1v) is 12.0. The van der Waals surface area contributed by atoms with Gasteiger partial charge in [0.2, 0.25) is 15.9 Å². The highest BCUT2D eigenvalue weighted by Crippen LogP contribution is 2.22. The number of sulfonamides is 1. The summed E-state index contributed by atoms with van der Waals surface area (Å²) in [4.78, 5) is 15.9. The Morgan fingerprint density at radius 3 is 2.48 bits per heavy atom. The third-order valence-electron chi connectivity index (χ3n) is 4.99. The minimum atomic E-state index is -3.82. The fourth-order valence-corrected chi connectivity index (χ4v) is 5.17. The van der Waals surface area contributed by atoms with Gasteiger partial charge in [0.05, 0.1) is 30.8 Å². The zero-order valence-electron chi connectivity index (χ0n) is 17.0. The van der Waals surface area contributed by atoms with Crippen molar-refractivity contribution < 1.29 is 17.6 Å². The normalized spacial score (nSPS) is 11.8. The lowest BCUT2D eigenvalue weighted by molar-refractivity contribution is -0.132. The molecule has 0 fully saturated rings.